The normalized spacial score (nSPS) is 10.8. The number of hydrogen-bond donors (Lipinski definition) is 0. The van der Waals surface area contributed by atoms with Gasteiger partial charge in [-0.15, -0.1) is 57.9 Å². The standard InChI is InChI=1S/2C24H23O3.C2H6Si.2ClH.Zr/c2*1-14-8-17-9-18(23-7-6-15(2)27-23)12-22(17)24(16(14)3)19-10-20(25-4)13-21(11-19)26-5;1-3-2;;;/h2*6-13H,1-5H3;1-2H3;2*1H;/q2*-1;;;;+2/p-2. The monoisotopic (exact) mass is 936 g/mol. The second kappa shape index (κ2) is 19.5. The van der Waals surface area contributed by atoms with E-state index < -0.39 is 18.0 Å². The van der Waals surface area contributed by atoms with Crippen LogP contribution in [0.2, 0.25) is 13.1 Å². The van der Waals surface area contributed by atoms with Gasteiger partial charge in [0, 0.05) is 12.1 Å². The van der Waals surface area contributed by atoms with Gasteiger partial charge in [0.15, 0.2) is 0 Å². The Labute approximate surface area is 369 Å². The van der Waals surface area contributed by atoms with Crippen LogP contribution in [0.25, 0.3) is 66.4 Å². The summed E-state index contributed by atoms with van der Waals surface area (Å²) in [6.07, 6.45) is 0. The quantitative estimate of drug-likeness (QED) is 0.112. The van der Waals surface area contributed by atoms with E-state index in [9.17, 15) is 0 Å². The third-order valence-electron chi connectivity index (χ3n) is 10.8. The predicted octanol–water partition coefficient (Wildman–Crippen LogP) is 15.0. The molecule has 0 aliphatic rings. The van der Waals surface area contributed by atoms with Crippen molar-refractivity contribution in [2.24, 2.45) is 0 Å². The van der Waals surface area contributed by atoms with E-state index in [0.717, 1.165) is 68.3 Å². The predicted molar refractivity (Wildman–Crippen MR) is 249 cm³/mol. The van der Waals surface area contributed by atoms with E-state index in [-0.39, 0.29) is 5.43 Å². The first kappa shape index (κ1) is 45.1. The Morgan fingerprint density at radius 2 is 0.833 bits per heavy atom. The Morgan fingerprint density at radius 3 is 1.10 bits per heavy atom. The summed E-state index contributed by atoms with van der Waals surface area (Å²) in [6.45, 7) is 16.9. The van der Waals surface area contributed by atoms with Crippen molar-refractivity contribution >= 4 is 44.0 Å². The Hall–Kier alpha value is -4.46. The molecule has 0 atom stereocenters. The molecule has 0 saturated carbocycles. The molecule has 0 N–H and O–H groups in total. The maximum absolute atomic E-state index is 5.84. The molecular formula is C50H52Cl2O6SiZr-2. The number of furan rings is 2. The molecule has 60 heavy (non-hydrogen) atoms. The summed E-state index contributed by atoms with van der Waals surface area (Å²) < 4.78 is 33.6. The molecule has 0 fully saturated rings. The van der Waals surface area contributed by atoms with Gasteiger partial charge in [0.2, 0.25) is 0 Å². The molecule has 2 aromatic heterocycles. The van der Waals surface area contributed by atoms with Crippen LogP contribution in [-0.4, -0.2) is 33.9 Å². The molecule has 0 saturated heterocycles. The molecule has 6 aromatic carbocycles. The average molecular weight is 939 g/mol. The number of ether oxygens (including phenoxy) is 4. The number of hydrogen-bond acceptors (Lipinski definition) is 6. The van der Waals surface area contributed by atoms with E-state index >= 15 is 0 Å². The van der Waals surface area contributed by atoms with E-state index in [1.165, 1.54) is 54.9 Å². The molecule has 0 unspecified atom stereocenters. The number of rotatable bonds is 8. The molecule has 8 aromatic rings. The van der Waals surface area contributed by atoms with Crippen LogP contribution in [0, 0.1) is 41.5 Å². The molecule has 312 valence electrons. The van der Waals surface area contributed by atoms with Crippen LogP contribution in [0.4, 0.5) is 0 Å². The first-order valence-corrected chi connectivity index (χ1v) is 32.2. The Kier molecular flexibility index (Phi) is 14.7. The van der Waals surface area contributed by atoms with Gasteiger partial charge in [-0.25, -0.2) is 0 Å². The molecule has 0 aliphatic heterocycles. The molecular weight excluding hydrogens is 887 g/mol. The van der Waals surface area contributed by atoms with Gasteiger partial charge in [0.05, 0.1) is 51.5 Å². The number of benzene rings is 4. The van der Waals surface area contributed by atoms with Gasteiger partial charge in [0.1, 0.15) is 23.0 Å². The zero-order chi connectivity index (χ0) is 43.4. The van der Waals surface area contributed by atoms with Crippen molar-refractivity contribution in [3.05, 3.63) is 131 Å². The Morgan fingerprint density at radius 1 is 0.500 bits per heavy atom. The van der Waals surface area contributed by atoms with Crippen molar-refractivity contribution in [1.29, 1.82) is 0 Å². The van der Waals surface area contributed by atoms with Gasteiger partial charge >= 0.3 is 53.5 Å². The fourth-order valence-corrected chi connectivity index (χ4v) is 7.32. The van der Waals surface area contributed by atoms with Crippen LogP contribution >= 0.6 is 17.0 Å². The fourth-order valence-electron chi connectivity index (χ4n) is 7.32. The topological polar surface area (TPSA) is 63.2 Å². The number of aryl methyl sites for hydroxylation is 4. The molecule has 0 bridgehead atoms. The second-order valence-electron chi connectivity index (χ2n) is 15.2. The van der Waals surface area contributed by atoms with Crippen LogP contribution in [0.5, 0.6) is 23.0 Å². The van der Waals surface area contributed by atoms with Gasteiger partial charge in [-0.3, -0.25) is 0 Å². The van der Waals surface area contributed by atoms with Crippen molar-refractivity contribution in [3.63, 3.8) is 0 Å². The summed E-state index contributed by atoms with van der Waals surface area (Å²) in [5.74, 6) is 6.76. The van der Waals surface area contributed by atoms with Crippen LogP contribution in [0.3, 0.4) is 0 Å². The summed E-state index contributed by atoms with van der Waals surface area (Å²) in [5.41, 5.74) is 11.6. The third-order valence-corrected chi connectivity index (χ3v) is 30.5. The molecule has 2 heterocycles. The number of fused-ring (bicyclic) bond motifs is 2. The summed E-state index contributed by atoms with van der Waals surface area (Å²) in [4.78, 5) is 0. The molecule has 0 aliphatic carbocycles. The maximum atomic E-state index is 5.84. The Bertz CT molecular complexity index is 2590. The van der Waals surface area contributed by atoms with E-state index in [2.05, 4.69) is 101 Å². The van der Waals surface area contributed by atoms with Crippen molar-refractivity contribution in [2.45, 2.75) is 54.6 Å². The summed E-state index contributed by atoms with van der Waals surface area (Å²) in [6, 6.07) is 33.4. The third kappa shape index (κ3) is 10.0. The minimum atomic E-state index is -1.65. The first-order valence-electron chi connectivity index (χ1n) is 19.6. The van der Waals surface area contributed by atoms with Crippen molar-refractivity contribution in [2.75, 3.05) is 28.4 Å². The number of halogens is 2. The van der Waals surface area contributed by atoms with E-state index in [0.29, 0.717) is 0 Å². The van der Waals surface area contributed by atoms with Crippen molar-refractivity contribution < 1.29 is 45.8 Å². The van der Waals surface area contributed by atoms with Crippen LogP contribution in [0.1, 0.15) is 33.8 Å². The molecule has 0 spiro atoms. The minimum absolute atomic E-state index is 0.224. The van der Waals surface area contributed by atoms with Gasteiger partial charge in [-0.05, 0) is 112 Å². The molecule has 0 radical (unpaired) electrons. The molecule has 6 nitrogen and oxygen atoms in total. The molecule has 0 amide bonds. The van der Waals surface area contributed by atoms with Crippen molar-refractivity contribution in [3.8, 4) is 67.9 Å². The zero-order valence-corrected chi connectivity index (χ0v) is 41.4. The first-order chi connectivity index (χ1) is 28.6. The SMILES string of the molecule is COc1cc(OC)cc(-c2c(C)c(C)cc3[cH-]c(-c4ccc(C)o4)cc23)c1.COc1cc(OC)cc(-c2c(C)c(C)cc3[cH-]c(-c4ccc(C)o4)cc23)c1.C[Si](C)=[Zr]([Cl])[Cl]. The van der Waals surface area contributed by atoms with Gasteiger partial charge < -0.3 is 27.8 Å². The molecule has 8 rings (SSSR count). The van der Waals surface area contributed by atoms with E-state index in [4.69, 9.17) is 44.8 Å². The van der Waals surface area contributed by atoms with E-state index in [1.807, 2.05) is 50.2 Å². The number of methoxy groups -OCH3 is 4. The van der Waals surface area contributed by atoms with Crippen LogP contribution in [0.15, 0.2) is 106 Å². The van der Waals surface area contributed by atoms with Gasteiger partial charge in [-0.1, -0.05) is 33.4 Å². The fraction of sp³-hybridized carbons (Fsp3) is 0.240. The average Bonchev–Trinajstić information content (AvgIpc) is 4.06. The van der Waals surface area contributed by atoms with Gasteiger partial charge in [0.25, 0.3) is 0 Å². The van der Waals surface area contributed by atoms with Crippen LogP contribution in [-0.2, 0) is 18.0 Å². The van der Waals surface area contributed by atoms with Crippen molar-refractivity contribution in [1.82, 2.24) is 0 Å². The summed E-state index contributed by atoms with van der Waals surface area (Å²) in [7, 11) is 18.0. The molecule has 10 heteroatoms. The summed E-state index contributed by atoms with van der Waals surface area (Å²) in [5, 5.41) is 4.83. The van der Waals surface area contributed by atoms with Gasteiger partial charge in [-0.2, -0.15) is 0 Å². The van der Waals surface area contributed by atoms with E-state index in [1.54, 1.807) is 28.4 Å². The summed E-state index contributed by atoms with van der Waals surface area (Å²) >= 11 is -1.65. The second-order valence-corrected chi connectivity index (χ2v) is 38.1. The van der Waals surface area contributed by atoms with Crippen LogP contribution < -0.4 is 18.9 Å². The Balaban J connectivity index is 0.000000177. The zero-order valence-electron chi connectivity index (χ0n) is 36.4.